The van der Waals surface area contributed by atoms with Gasteiger partial charge in [-0.1, -0.05) is 24.3 Å². The number of nitrogens with one attached hydrogen (secondary N) is 1. The van der Waals surface area contributed by atoms with Crippen LogP contribution in [0, 0.1) is 6.92 Å². The first-order chi connectivity index (χ1) is 10.1. The maximum Gasteiger partial charge on any atom is 0.271 e. The Morgan fingerprint density at radius 1 is 1.29 bits per heavy atom. The summed E-state index contributed by atoms with van der Waals surface area (Å²) in [5, 5.41) is 13.4. The zero-order valence-electron chi connectivity index (χ0n) is 11.8. The van der Waals surface area contributed by atoms with Gasteiger partial charge in [-0.05, 0) is 36.2 Å². The van der Waals surface area contributed by atoms with Gasteiger partial charge in [-0.2, -0.15) is 5.10 Å². The van der Waals surface area contributed by atoms with Crippen LogP contribution in [0.3, 0.4) is 0 Å². The number of phenolic OH excluding ortho intramolecular Hbond substituents is 1. The van der Waals surface area contributed by atoms with Gasteiger partial charge in [0.1, 0.15) is 0 Å². The normalized spacial score (nSPS) is 10.6. The van der Waals surface area contributed by atoms with Gasteiger partial charge < -0.3 is 9.84 Å². The lowest BCUT2D eigenvalue weighted by molar-refractivity contribution is 0.0954. The molecule has 0 aliphatic carbocycles. The molecule has 108 valence electrons. The molecule has 0 atom stereocenters. The highest BCUT2D eigenvalue weighted by molar-refractivity contribution is 5.95. The van der Waals surface area contributed by atoms with E-state index in [1.165, 1.54) is 25.3 Å². The highest BCUT2D eigenvalue weighted by atomic mass is 16.5. The Kier molecular flexibility index (Phi) is 4.56. The fourth-order valence-corrected chi connectivity index (χ4v) is 1.78. The van der Waals surface area contributed by atoms with Crippen LogP contribution >= 0.6 is 0 Å². The van der Waals surface area contributed by atoms with Crippen molar-refractivity contribution >= 4 is 12.1 Å². The quantitative estimate of drug-likeness (QED) is 0.669. The van der Waals surface area contributed by atoms with E-state index in [-0.39, 0.29) is 17.4 Å². The third-order valence-corrected chi connectivity index (χ3v) is 3.00. The van der Waals surface area contributed by atoms with E-state index >= 15 is 0 Å². The molecular formula is C16H16N2O3. The van der Waals surface area contributed by atoms with Gasteiger partial charge in [-0.15, -0.1) is 0 Å². The number of carbonyl (C=O) groups is 1. The molecule has 0 saturated heterocycles. The molecule has 0 aliphatic heterocycles. The summed E-state index contributed by atoms with van der Waals surface area (Å²) in [6.07, 6.45) is 1.59. The van der Waals surface area contributed by atoms with Crippen LogP contribution in [0.15, 0.2) is 47.6 Å². The molecule has 5 nitrogen and oxygen atoms in total. The average Bonchev–Trinajstić information content (AvgIpc) is 2.49. The third kappa shape index (κ3) is 3.60. The Labute approximate surface area is 122 Å². The maximum atomic E-state index is 11.9. The van der Waals surface area contributed by atoms with Crippen molar-refractivity contribution in [2.24, 2.45) is 5.10 Å². The summed E-state index contributed by atoms with van der Waals surface area (Å²) >= 11 is 0. The first-order valence-electron chi connectivity index (χ1n) is 6.38. The SMILES string of the molecule is COc1cc(C(=O)N/N=C/c2ccccc2C)ccc1O. The molecule has 0 heterocycles. The van der Waals surface area contributed by atoms with Gasteiger partial charge >= 0.3 is 0 Å². The fraction of sp³-hybridized carbons (Fsp3) is 0.125. The molecule has 2 aromatic carbocycles. The molecule has 2 N–H and O–H groups in total. The summed E-state index contributed by atoms with van der Waals surface area (Å²) in [7, 11) is 1.42. The summed E-state index contributed by atoms with van der Waals surface area (Å²) in [4.78, 5) is 11.9. The lowest BCUT2D eigenvalue weighted by Gasteiger charge is -2.05. The largest absolute Gasteiger partial charge is 0.504 e. The molecule has 0 aromatic heterocycles. The van der Waals surface area contributed by atoms with E-state index in [1.54, 1.807) is 6.21 Å². The summed E-state index contributed by atoms with van der Waals surface area (Å²) in [6, 6.07) is 12.1. The van der Waals surface area contributed by atoms with Crippen molar-refractivity contribution < 1.29 is 14.6 Å². The van der Waals surface area contributed by atoms with E-state index in [0.717, 1.165) is 11.1 Å². The Morgan fingerprint density at radius 2 is 2.05 bits per heavy atom. The minimum atomic E-state index is -0.377. The number of benzene rings is 2. The molecule has 1 amide bonds. The Balaban J connectivity index is 2.07. The van der Waals surface area contributed by atoms with Crippen LogP contribution in [0.2, 0.25) is 0 Å². The summed E-state index contributed by atoms with van der Waals surface area (Å²) in [5.74, 6) is -0.152. The standard InChI is InChI=1S/C16H16N2O3/c1-11-5-3-4-6-13(11)10-17-18-16(20)12-7-8-14(19)15(9-12)21-2/h3-10,19H,1-2H3,(H,18,20)/b17-10+. The lowest BCUT2D eigenvalue weighted by Crippen LogP contribution is -2.17. The van der Waals surface area contributed by atoms with Crippen LogP contribution in [0.4, 0.5) is 0 Å². The molecule has 2 aromatic rings. The maximum absolute atomic E-state index is 11.9. The van der Waals surface area contributed by atoms with E-state index in [9.17, 15) is 9.90 Å². The number of methoxy groups -OCH3 is 1. The molecule has 0 fully saturated rings. The highest BCUT2D eigenvalue weighted by Crippen LogP contribution is 2.26. The number of nitrogens with zero attached hydrogens (tertiary/aromatic N) is 1. The van der Waals surface area contributed by atoms with Crippen LogP contribution in [0.25, 0.3) is 0 Å². The fourth-order valence-electron chi connectivity index (χ4n) is 1.78. The van der Waals surface area contributed by atoms with Gasteiger partial charge in [-0.25, -0.2) is 5.43 Å². The van der Waals surface area contributed by atoms with Gasteiger partial charge in [0.15, 0.2) is 11.5 Å². The van der Waals surface area contributed by atoms with Gasteiger partial charge in [0, 0.05) is 5.56 Å². The number of phenols is 1. The van der Waals surface area contributed by atoms with Crippen molar-refractivity contribution in [2.45, 2.75) is 6.92 Å². The molecule has 0 aliphatic rings. The molecule has 0 bridgehead atoms. The number of amides is 1. The molecule has 21 heavy (non-hydrogen) atoms. The van der Waals surface area contributed by atoms with E-state index in [1.807, 2.05) is 31.2 Å². The molecule has 0 saturated carbocycles. The zero-order chi connectivity index (χ0) is 15.2. The molecule has 0 spiro atoms. The van der Waals surface area contributed by atoms with Crippen molar-refractivity contribution in [1.82, 2.24) is 5.43 Å². The number of aromatic hydroxyl groups is 1. The Morgan fingerprint density at radius 3 is 2.76 bits per heavy atom. The topological polar surface area (TPSA) is 70.9 Å². The monoisotopic (exact) mass is 284 g/mol. The minimum Gasteiger partial charge on any atom is -0.504 e. The molecule has 0 radical (unpaired) electrons. The number of hydrazone groups is 1. The van der Waals surface area contributed by atoms with Crippen LogP contribution < -0.4 is 10.2 Å². The van der Waals surface area contributed by atoms with Crippen LogP contribution in [-0.2, 0) is 0 Å². The van der Waals surface area contributed by atoms with Crippen molar-refractivity contribution in [3.63, 3.8) is 0 Å². The third-order valence-electron chi connectivity index (χ3n) is 3.00. The second kappa shape index (κ2) is 6.56. The number of rotatable bonds is 4. The second-order valence-electron chi connectivity index (χ2n) is 4.44. The zero-order valence-corrected chi connectivity index (χ0v) is 11.8. The predicted octanol–water partition coefficient (Wildman–Crippen LogP) is 2.47. The van der Waals surface area contributed by atoms with Crippen LogP contribution in [-0.4, -0.2) is 24.3 Å². The summed E-state index contributed by atoms with van der Waals surface area (Å²) in [5.41, 5.74) is 4.79. The van der Waals surface area contributed by atoms with Gasteiger partial charge in [0.2, 0.25) is 0 Å². The lowest BCUT2D eigenvalue weighted by atomic mass is 10.1. The number of aryl methyl sites for hydroxylation is 1. The second-order valence-corrected chi connectivity index (χ2v) is 4.44. The van der Waals surface area contributed by atoms with Crippen molar-refractivity contribution in [3.8, 4) is 11.5 Å². The van der Waals surface area contributed by atoms with Crippen molar-refractivity contribution in [2.75, 3.05) is 7.11 Å². The first-order valence-corrected chi connectivity index (χ1v) is 6.38. The first kappa shape index (κ1) is 14.6. The molecular weight excluding hydrogens is 268 g/mol. The molecule has 2 rings (SSSR count). The van der Waals surface area contributed by atoms with E-state index in [2.05, 4.69) is 10.5 Å². The van der Waals surface area contributed by atoms with E-state index < -0.39 is 0 Å². The van der Waals surface area contributed by atoms with Crippen molar-refractivity contribution in [1.29, 1.82) is 0 Å². The average molecular weight is 284 g/mol. The van der Waals surface area contributed by atoms with E-state index in [4.69, 9.17) is 4.74 Å². The number of carbonyl (C=O) groups excluding carboxylic acids is 1. The van der Waals surface area contributed by atoms with E-state index in [0.29, 0.717) is 5.56 Å². The number of hydrogen-bond donors (Lipinski definition) is 2. The van der Waals surface area contributed by atoms with Gasteiger partial charge in [0.25, 0.3) is 5.91 Å². The molecule has 0 unspecified atom stereocenters. The minimum absolute atomic E-state index is 0.0162. The summed E-state index contributed by atoms with van der Waals surface area (Å²) < 4.78 is 4.96. The molecule has 5 heteroatoms. The van der Waals surface area contributed by atoms with Gasteiger partial charge in [-0.3, -0.25) is 4.79 Å². The van der Waals surface area contributed by atoms with Gasteiger partial charge in [0.05, 0.1) is 13.3 Å². The van der Waals surface area contributed by atoms with Crippen LogP contribution in [0.5, 0.6) is 11.5 Å². The highest BCUT2D eigenvalue weighted by Gasteiger charge is 2.08. The number of hydrogen-bond acceptors (Lipinski definition) is 4. The Bertz CT molecular complexity index is 681. The number of ether oxygens (including phenoxy) is 1. The van der Waals surface area contributed by atoms with Crippen molar-refractivity contribution in [3.05, 3.63) is 59.2 Å². The smallest absolute Gasteiger partial charge is 0.271 e. The van der Waals surface area contributed by atoms with Crippen LogP contribution in [0.1, 0.15) is 21.5 Å². The Hall–Kier alpha value is -2.82. The summed E-state index contributed by atoms with van der Waals surface area (Å²) in [6.45, 7) is 1.97. The predicted molar refractivity (Wildman–Crippen MR) is 80.9 cm³/mol.